The summed E-state index contributed by atoms with van der Waals surface area (Å²) < 4.78 is 27.3. The van der Waals surface area contributed by atoms with Gasteiger partial charge in [0.25, 0.3) is 5.91 Å². The van der Waals surface area contributed by atoms with Gasteiger partial charge >= 0.3 is 0 Å². The molecule has 0 fully saturated rings. The fourth-order valence-electron chi connectivity index (χ4n) is 1.62. The van der Waals surface area contributed by atoms with Gasteiger partial charge in [-0.2, -0.15) is 0 Å². The molecule has 0 aliphatic carbocycles. The van der Waals surface area contributed by atoms with E-state index < -0.39 is 23.1 Å². The van der Waals surface area contributed by atoms with E-state index in [2.05, 4.69) is 37.2 Å². The predicted molar refractivity (Wildman–Crippen MR) is 78.7 cm³/mol. The Balaban J connectivity index is 2.46. The minimum absolute atomic E-state index is 0.272. The summed E-state index contributed by atoms with van der Waals surface area (Å²) in [4.78, 5) is 11.7. The van der Waals surface area contributed by atoms with Crippen LogP contribution in [0, 0.1) is 11.6 Å². The molecule has 2 nitrogen and oxygen atoms in total. The fourth-order valence-corrected chi connectivity index (χ4v) is 2.42. The Morgan fingerprint density at radius 1 is 1.11 bits per heavy atom. The van der Waals surface area contributed by atoms with E-state index in [1.54, 1.807) is 0 Å². The SMILES string of the molecule is O=C(NCCCCCCBr)c1c(F)cc(Br)cc1F. The van der Waals surface area contributed by atoms with E-state index in [1.165, 1.54) is 0 Å². The second-order valence-corrected chi connectivity index (χ2v) is 5.81. The van der Waals surface area contributed by atoms with Gasteiger partial charge in [0.15, 0.2) is 0 Å². The van der Waals surface area contributed by atoms with E-state index >= 15 is 0 Å². The largest absolute Gasteiger partial charge is 0.352 e. The minimum atomic E-state index is -0.858. The summed E-state index contributed by atoms with van der Waals surface area (Å²) in [6.07, 6.45) is 3.95. The quantitative estimate of drug-likeness (QED) is 0.534. The van der Waals surface area contributed by atoms with Crippen LogP contribution in [0.2, 0.25) is 0 Å². The normalized spacial score (nSPS) is 10.5. The summed E-state index contributed by atoms with van der Waals surface area (Å²) in [5.41, 5.74) is -0.524. The van der Waals surface area contributed by atoms with Crippen LogP contribution in [0.3, 0.4) is 0 Å². The highest BCUT2D eigenvalue weighted by molar-refractivity contribution is 9.10. The van der Waals surface area contributed by atoms with E-state index in [-0.39, 0.29) is 4.47 Å². The number of rotatable bonds is 7. The lowest BCUT2D eigenvalue weighted by Gasteiger charge is -2.07. The maximum Gasteiger partial charge on any atom is 0.257 e. The first-order valence-corrected chi connectivity index (χ1v) is 7.96. The predicted octanol–water partition coefficient (Wildman–Crippen LogP) is 4.41. The second-order valence-electron chi connectivity index (χ2n) is 4.10. The molecular weight excluding hydrogens is 384 g/mol. The maximum absolute atomic E-state index is 13.5. The van der Waals surface area contributed by atoms with E-state index in [4.69, 9.17) is 0 Å². The van der Waals surface area contributed by atoms with Crippen LogP contribution in [0.4, 0.5) is 8.78 Å². The van der Waals surface area contributed by atoms with Gasteiger partial charge in [-0.15, -0.1) is 0 Å². The lowest BCUT2D eigenvalue weighted by atomic mass is 10.1. The van der Waals surface area contributed by atoms with Crippen LogP contribution >= 0.6 is 31.9 Å². The second kappa shape index (κ2) is 8.64. The van der Waals surface area contributed by atoms with Gasteiger partial charge < -0.3 is 5.32 Å². The molecule has 0 saturated heterocycles. The third-order valence-electron chi connectivity index (χ3n) is 2.58. The van der Waals surface area contributed by atoms with Crippen LogP contribution in [-0.4, -0.2) is 17.8 Å². The number of amides is 1. The van der Waals surface area contributed by atoms with Crippen molar-refractivity contribution >= 4 is 37.8 Å². The number of benzene rings is 1. The summed E-state index contributed by atoms with van der Waals surface area (Å²) in [6, 6.07) is 2.15. The molecule has 0 spiro atoms. The summed E-state index contributed by atoms with van der Waals surface area (Å²) in [7, 11) is 0. The number of carbonyl (C=O) groups is 1. The molecule has 0 saturated carbocycles. The molecular formula is C13H15Br2F2NO. The van der Waals surface area contributed by atoms with Gasteiger partial charge in [-0.05, 0) is 25.0 Å². The topological polar surface area (TPSA) is 29.1 Å². The molecule has 1 N–H and O–H groups in total. The van der Waals surface area contributed by atoms with Crippen molar-refractivity contribution in [2.45, 2.75) is 25.7 Å². The average Bonchev–Trinajstić information content (AvgIpc) is 2.32. The molecule has 0 atom stereocenters. The van der Waals surface area contributed by atoms with Crippen molar-refractivity contribution in [1.82, 2.24) is 5.32 Å². The van der Waals surface area contributed by atoms with Crippen LogP contribution in [-0.2, 0) is 0 Å². The monoisotopic (exact) mass is 397 g/mol. The zero-order valence-electron chi connectivity index (χ0n) is 10.3. The summed E-state index contributed by atoms with van der Waals surface area (Å²) >= 11 is 6.31. The summed E-state index contributed by atoms with van der Waals surface area (Å²) in [5, 5.41) is 3.50. The number of nitrogens with one attached hydrogen (secondary N) is 1. The van der Waals surface area contributed by atoms with Gasteiger partial charge in [0.2, 0.25) is 0 Å². The van der Waals surface area contributed by atoms with E-state index in [9.17, 15) is 13.6 Å². The highest BCUT2D eigenvalue weighted by atomic mass is 79.9. The number of alkyl halides is 1. The number of unbranched alkanes of at least 4 members (excludes halogenated alkanes) is 3. The Kier molecular flexibility index (Phi) is 7.53. The molecule has 19 heavy (non-hydrogen) atoms. The van der Waals surface area contributed by atoms with Crippen LogP contribution in [0.15, 0.2) is 16.6 Å². The third-order valence-corrected chi connectivity index (χ3v) is 3.60. The van der Waals surface area contributed by atoms with Crippen molar-refractivity contribution in [2.24, 2.45) is 0 Å². The van der Waals surface area contributed by atoms with Crippen LogP contribution in [0.1, 0.15) is 36.0 Å². The molecule has 0 unspecified atom stereocenters. The molecule has 1 aromatic carbocycles. The maximum atomic E-state index is 13.5. The van der Waals surface area contributed by atoms with E-state index in [0.29, 0.717) is 6.54 Å². The molecule has 106 valence electrons. The standard InChI is InChI=1S/C13H15Br2F2NO/c14-5-3-1-2-4-6-18-13(19)12-10(16)7-9(15)8-11(12)17/h7-8H,1-6H2,(H,18,19). The third kappa shape index (κ3) is 5.57. The first-order valence-electron chi connectivity index (χ1n) is 6.05. The van der Waals surface area contributed by atoms with Gasteiger partial charge in [0.1, 0.15) is 17.2 Å². The summed E-state index contributed by atoms with van der Waals surface area (Å²) in [6.45, 7) is 0.427. The average molecular weight is 399 g/mol. The Hall–Kier alpha value is -0.490. The Morgan fingerprint density at radius 3 is 2.26 bits per heavy atom. The van der Waals surface area contributed by atoms with E-state index in [0.717, 1.165) is 43.1 Å². The van der Waals surface area contributed by atoms with E-state index in [1.807, 2.05) is 0 Å². The number of halogens is 4. The van der Waals surface area contributed by atoms with Crippen molar-refractivity contribution in [2.75, 3.05) is 11.9 Å². The zero-order chi connectivity index (χ0) is 14.3. The zero-order valence-corrected chi connectivity index (χ0v) is 13.5. The first kappa shape index (κ1) is 16.6. The van der Waals surface area contributed by atoms with Crippen molar-refractivity contribution in [3.05, 3.63) is 33.8 Å². The van der Waals surface area contributed by atoms with Crippen molar-refractivity contribution in [3.63, 3.8) is 0 Å². The molecule has 0 aliphatic rings. The van der Waals surface area contributed by atoms with Gasteiger partial charge in [-0.1, -0.05) is 44.7 Å². The number of hydrogen-bond donors (Lipinski definition) is 1. The fraction of sp³-hybridized carbons (Fsp3) is 0.462. The Morgan fingerprint density at radius 2 is 1.68 bits per heavy atom. The van der Waals surface area contributed by atoms with Gasteiger partial charge in [-0.25, -0.2) is 8.78 Å². The van der Waals surface area contributed by atoms with Crippen molar-refractivity contribution in [1.29, 1.82) is 0 Å². The van der Waals surface area contributed by atoms with Crippen molar-refractivity contribution < 1.29 is 13.6 Å². The highest BCUT2D eigenvalue weighted by Gasteiger charge is 2.17. The van der Waals surface area contributed by atoms with Crippen LogP contribution < -0.4 is 5.32 Å². The lowest BCUT2D eigenvalue weighted by Crippen LogP contribution is -2.26. The molecule has 0 aromatic heterocycles. The van der Waals surface area contributed by atoms with Crippen molar-refractivity contribution in [3.8, 4) is 0 Å². The molecule has 0 heterocycles. The molecule has 0 radical (unpaired) electrons. The molecule has 1 aromatic rings. The molecule has 0 aliphatic heterocycles. The Bertz CT molecular complexity index is 418. The van der Waals surface area contributed by atoms with Gasteiger partial charge in [0, 0.05) is 16.3 Å². The smallest absolute Gasteiger partial charge is 0.257 e. The molecule has 0 bridgehead atoms. The minimum Gasteiger partial charge on any atom is -0.352 e. The summed E-state index contributed by atoms with van der Waals surface area (Å²) in [5.74, 6) is -2.42. The lowest BCUT2D eigenvalue weighted by molar-refractivity contribution is 0.0944. The first-order chi connectivity index (χ1) is 9.06. The van der Waals surface area contributed by atoms with Crippen LogP contribution in [0.5, 0.6) is 0 Å². The van der Waals surface area contributed by atoms with Gasteiger partial charge in [0.05, 0.1) is 0 Å². The molecule has 1 rings (SSSR count). The highest BCUT2D eigenvalue weighted by Crippen LogP contribution is 2.19. The number of carbonyl (C=O) groups excluding carboxylic acids is 1. The van der Waals surface area contributed by atoms with Crippen LogP contribution in [0.25, 0.3) is 0 Å². The Labute approximate surface area is 128 Å². The number of hydrogen-bond acceptors (Lipinski definition) is 1. The van der Waals surface area contributed by atoms with Gasteiger partial charge in [-0.3, -0.25) is 4.79 Å². The molecule has 6 heteroatoms. The molecule has 1 amide bonds.